The third kappa shape index (κ3) is 14.4. The number of anilines is 2. The molecular formula is C37H52F2N6O4S2. The van der Waals surface area contributed by atoms with E-state index in [0.717, 1.165) is 19.3 Å². The van der Waals surface area contributed by atoms with Gasteiger partial charge in [0.25, 0.3) is 0 Å². The summed E-state index contributed by atoms with van der Waals surface area (Å²) in [5, 5.41) is 18.4. The smallest absolute Gasteiger partial charge is 0.248 e. The van der Waals surface area contributed by atoms with E-state index in [0.29, 0.717) is 46.7 Å². The van der Waals surface area contributed by atoms with Crippen LogP contribution >= 0.6 is 24.4 Å². The average molecular weight is 747 g/mol. The Hall–Kier alpha value is -3.72. The van der Waals surface area contributed by atoms with Gasteiger partial charge in [0.05, 0.1) is 12.2 Å². The first-order valence-corrected chi connectivity index (χ1v) is 18.5. The molecule has 6 N–H and O–H groups in total. The van der Waals surface area contributed by atoms with Gasteiger partial charge in [-0.2, -0.15) is 0 Å². The predicted molar refractivity (Wildman–Crippen MR) is 206 cm³/mol. The SMILES string of the molecule is CCCCCCCC1OC(C)C(C(CC)/C(C(=O)NCCNC(=S)Nc2ccc(F)cc2)=C(\C)C(=O)NCCNC(=S)Nc2ccc(F)cc2)O1. The molecule has 3 rings (SSSR count). The first kappa shape index (κ1) is 41.7. The van der Waals surface area contributed by atoms with Gasteiger partial charge in [-0.3, -0.25) is 9.59 Å². The summed E-state index contributed by atoms with van der Waals surface area (Å²) in [7, 11) is 0. The van der Waals surface area contributed by atoms with Crippen LogP contribution < -0.4 is 31.9 Å². The van der Waals surface area contributed by atoms with E-state index in [2.05, 4.69) is 38.8 Å². The lowest BCUT2D eigenvalue weighted by molar-refractivity contribution is -0.121. The third-order valence-electron chi connectivity index (χ3n) is 8.47. The number of hydrogen-bond acceptors (Lipinski definition) is 6. The first-order valence-electron chi connectivity index (χ1n) is 17.7. The lowest BCUT2D eigenvalue weighted by atomic mass is 9.84. The Morgan fingerprint density at radius 2 is 1.22 bits per heavy atom. The van der Waals surface area contributed by atoms with Crippen molar-refractivity contribution in [2.24, 2.45) is 5.92 Å². The molecular weight excluding hydrogens is 695 g/mol. The number of thiocarbonyl (C=S) groups is 2. The molecule has 280 valence electrons. The van der Waals surface area contributed by atoms with Crippen LogP contribution in [0.3, 0.4) is 0 Å². The Kier molecular flexibility index (Phi) is 18.2. The molecule has 1 saturated heterocycles. The zero-order valence-corrected chi connectivity index (χ0v) is 31.5. The zero-order chi connectivity index (χ0) is 37.2. The van der Waals surface area contributed by atoms with Crippen molar-refractivity contribution in [3.8, 4) is 0 Å². The highest BCUT2D eigenvalue weighted by molar-refractivity contribution is 7.80. The molecule has 14 heteroatoms. The minimum absolute atomic E-state index is 0.222. The van der Waals surface area contributed by atoms with Gasteiger partial charge >= 0.3 is 0 Å². The topological polar surface area (TPSA) is 125 Å². The second kappa shape index (κ2) is 22.3. The van der Waals surface area contributed by atoms with E-state index >= 15 is 0 Å². The number of hydrogen-bond donors (Lipinski definition) is 6. The number of nitrogens with one attached hydrogen (secondary N) is 6. The van der Waals surface area contributed by atoms with Gasteiger partial charge in [-0.25, -0.2) is 8.78 Å². The first-order chi connectivity index (χ1) is 24.5. The number of carbonyl (C=O) groups is 2. The fourth-order valence-electron chi connectivity index (χ4n) is 5.80. The number of benzene rings is 2. The Morgan fingerprint density at radius 3 is 1.73 bits per heavy atom. The molecule has 10 nitrogen and oxygen atoms in total. The van der Waals surface area contributed by atoms with E-state index in [9.17, 15) is 18.4 Å². The van der Waals surface area contributed by atoms with Crippen molar-refractivity contribution >= 4 is 57.8 Å². The summed E-state index contributed by atoms with van der Waals surface area (Å²) < 4.78 is 39.0. The van der Waals surface area contributed by atoms with Gasteiger partial charge in [0.2, 0.25) is 11.8 Å². The van der Waals surface area contributed by atoms with Crippen molar-refractivity contribution in [2.75, 3.05) is 36.8 Å². The van der Waals surface area contributed by atoms with Gasteiger partial charge in [0.1, 0.15) is 11.6 Å². The number of rotatable bonds is 19. The quantitative estimate of drug-likeness (QED) is 0.0555. The van der Waals surface area contributed by atoms with Crippen LogP contribution in [0.15, 0.2) is 59.7 Å². The molecule has 51 heavy (non-hydrogen) atoms. The average Bonchev–Trinajstić information content (AvgIpc) is 3.48. The monoisotopic (exact) mass is 746 g/mol. The van der Waals surface area contributed by atoms with Crippen LogP contribution in [0.5, 0.6) is 0 Å². The summed E-state index contributed by atoms with van der Waals surface area (Å²) in [6.07, 6.45) is 5.92. The highest BCUT2D eigenvalue weighted by atomic mass is 32.1. The molecule has 1 fully saturated rings. The molecule has 0 aliphatic carbocycles. The van der Waals surface area contributed by atoms with Gasteiger partial charge in [-0.05, 0) is 106 Å². The minimum Gasteiger partial charge on any atom is -0.361 e. The normalized spacial score (nSPS) is 17.9. The third-order valence-corrected chi connectivity index (χ3v) is 8.97. The molecule has 0 aromatic heterocycles. The van der Waals surface area contributed by atoms with Crippen molar-refractivity contribution in [3.05, 3.63) is 71.3 Å². The molecule has 2 aromatic carbocycles. The predicted octanol–water partition coefficient (Wildman–Crippen LogP) is 6.30. The number of carbonyl (C=O) groups excluding carboxylic acids is 2. The van der Waals surface area contributed by atoms with Gasteiger partial charge in [0, 0.05) is 54.6 Å². The second-order valence-corrected chi connectivity index (χ2v) is 13.2. The molecule has 4 unspecified atom stereocenters. The molecule has 1 aliphatic heterocycles. The van der Waals surface area contributed by atoms with Gasteiger partial charge in [-0.15, -0.1) is 0 Å². The Morgan fingerprint density at radius 1 is 0.725 bits per heavy atom. The van der Waals surface area contributed by atoms with E-state index in [1.165, 1.54) is 43.5 Å². The molecule has 0 spiro atoms. The largest absolute Gasteiger partial charge is 0.361 e. The number of unbranched alkanes of at least 4 members (excludes halogenated alkanes) is 4. The van der Waals surface area contributed by atoms with Crippen LogP contribution in [-0.2, 0) is 19.1 Å². The minimum atomic E-state index is -0.415. The molecule has 1 heterocycles. The lowest BCUT2D eigenvalue weighted by Gasteiger charge is -2.27. The molecule has 0 saturated carbocycles. The summed E-state index contributed by atoms with van der Waals surface area (Å²) in [6.45, 7) is 8.83. The maximum atomic E-state index is 13.9. The Labute approximate surface area is 311 Å². The summed E-state index contributed by atoms with van der Waals surface area (Å²) in [5.74, 6) is -1.87. The molecule has 1 aliphatic rings. The molecule has 2 amide bonds. The van der Waals surface area contributed by atoms with E-state index in [1.807, 2.05) is 13.8 Å². The van der Waals surface area contributed by atoms with E-state index in [1.54, 1.807) is 31.2 Å². The Balaban J connectivity index is 1.64. The van der Waals surface area contributed by atoms with Crippen LogP contribution in [0.4, 0.5) is 20.2 Å². The van der Waals surface area contributed by atoms with Gasteiger partial charge in [0.15, 0.2) is 16.5 Å². The summed E-state index contributed by atoms with van der Waals surface area (Å²) in [6, 6.07) is 11.6. The van der Waals surface area contributed by atoms with Crippen LogP contribution in [0.2, 0.25) is 0 Å². The van der Waals surface area contributed by atoms with Crippen LogP contribution in [0.1, 0.15) is 72.6 Å². The van der Waals surface area contributed by atoms with Crippen LogP contribution in [0.25, 0.3) is 0 Å². The highest BCUT2D eigenvalue weighted by Crippen LogP contribution is 2.34. The fourth-order valence-corrected chi connectivity index (χ4v) is 6.24. The van der Waals surface area contributed by atoms with E-state index in [4.69, 9.17) is 33.9 Å². The maximum absolute atomic E-state index is 13.9. The van der Waals surface area contributed by atoms with E-state index < -0.39 is 12.0 Å². The van der Waals surface area contributed by atoms with Crippen molar-refractivity contribution in [3.63, 3.8) is 0 Å². The highest BCUT2D eigenvalue weighted by Gasteiger charge is 2.41. The summed E-state index contributed by atoms with van der Waals surface area (Å²) in [5.41, 5.74) is 1.88. The standard InChI is InChI=1S/C37H52F2N6O4S2/c1-5-7-8-9-10-11-31-48-25(4)33(49-31)30(6-2)32(35(47)41-21-23-43-37(51)45-29-18-14-27(39)15-19-29)24(3)34(46)40-20-22-42-36(50)44-28-16-12-26(38)13-17-28/h12-19,25,30-31,33H,5-11,20-23H2,1-4H3,(H,40,46)(H,41,47)(H2,42,44,50)(H2,43,45,51)/b32-24-. The van der Waals surface area contributed by atoms with Crippen molar-refractivity contribution in [1.82, 2.24) is 21.3 Å². The number of halogens is 2. The summed E-state index contributed by atoms with van der Waals surface area (Å²) in [4.78, 5) is 27.4. The van der Waals surface area contributed by atoms with Gasteiger partial charge in [-0.1, -0.05) is 39.5 Å². The van der Waals surface area contributed by atoms with Gasteiger partial charge < -0.3 is 41.4 Å². The van der Waals surface area contributed by atoms with E-state index in [-0.39, 0.29) is 54.5 Å². The van der Waals surface area contributed by atoms with Crippen molar-refractivity contribution < 1.29 is 27.8 Å². The zero-order valence-electron chi connectivity index (χ0n) is 29.9. The molecule has 4 atom stereocenters. The maximum Gasteiger partial charge on any atom is 0.248 e. The van der Waals surface area contributed by atoms with Crippen molar-refractivity contribution in [2.45, 2.75) is 91.1 Å². The molecule has 0 bridgehead atoms. The number of ether oxygens (including phenoxy) is 2. The molecule has 0 radical (unpaired) electrons. The molecule has 2 aromatic rings. The number of amides is 2. The van der Waals surface area contributed by atoms with Crippen molar-refractivity contribution in [1.29, 1.82) is 0 Å². The van der Waals surface area contributed by atoms with Crippen LogP contribution in [0, 0.1) is 17.6 Å². The lowest BCUT2D eigenvalue weighted by Crippen LogP contribution is -2.42. The summed E-state index contributed by atoms with van der Waals surface area (Å²) >= 11 is 10.6. The Bertz CT molecular complexity index is 1460. The fraction of sp³-hybridized carbons (Fsp3) is 0.514. The van der Waals surface area contributed by atoms with Crippen LogP contribution in [-0.4, -0.2) is 66.7 Å². The second-order valence-electron chi connectivity index (χ2n) is 12.4.